The van der Waals surface area contributed by atoms with Crippen molar-refractivity contribution >= 4 is 34.3 Å². The van der Waals surface area contributed by atoms with Crippen molar-refractivity contribution in [1.29, 1.82) is 0 Å². The summed E-state index contributed by atoms with van der Waals surface area (Å²) in [6.45, 7) is 2.35. The molecule has 5 N–H and O–H groups in total. The second kappa shape index (κ2) is 9.69. The Kier molecular flexibility index (Phi) is 6.13. The molecule has 0 radical (unpaired) electrons. The zero-order valence-corrected chi connectivity index (χ0v) is 18.6. The lowest BCUT2D eigenvalue weighted by Crippen LogP contribution is -2.26. The number of aromatic nitrogens is 6. The van der Waals surface area contributed by atoms with E-state index in [0.29, 0.717) is 48.3 Å². The number of hydrogen-bond acceptors (Lipinski definition) is 10. The highest BCUT2D eigenvalue weighted by Crippen LogP contribution is 2.23. The molecule has 0 aliphatic rings. The first-order valence-corrected chi connectivity index (χ1v) is 10.9. The van der Waals surface area contributed by atoms with Crippen LogP contribution in [0.3, 0.4) is 0 Å². The van der Waals surface area contributed by atoms with Crippen LogP contribution in [-0.4, -0.2) is 66.7 Å². The van der Waals surface area contributed by atoms with Crippen LogP contribution in [0.15, 0.2) is 53.3 Å². The van der Waals surface area contributed by atoms with Crippen LogP contribution in [0.4, 0.5) is 11.6 Å². The van der Waals surface area contributed by atoms with E-state index in [2.05, 4.69) is 30.8 Å². The topological polar surface area (TPSA) is 171 Å². The Morgan fingerprint density at radius 2 is 1.97 bits per heavy atom. The molecule has 0 saturated carbocycles. The fourth-order valence-electron chi connectivity index (χ4n) is 3.55. The van der Waals surface area contributed by atoms with E-state index in [-0.39, 0.29) is 12.6 Å². The maximum absolute atomic E-state index is 10.5. The van der Waals surface area contributed by atoms with E-state index >= 15 is 0 Å². The summed E-state index contributed by atoms with van der Waals surface area (Å²) in [5.41, 5.74) is 8.25. The minimum absolute atomic E-state index is 0.219. The van der Waals surface area contributed by atoms with Crippen LogP contribution >= 0.6 is 0 Å². The molecule has 180 valence electrons. The van der Waals surface area contributed by atoms with E-state index < -0.39 is 5.97 Å². The van der Waals surface area contributed by atoms with Crippen molar-refractivity contribution in [3.63, 3.8) is 0 Å². The Morgan fingerprint density at radius 3 is 2.74 bits per heavy atom. The predicted octanol–water partition coefficient (Wildman–Crippen LogP) is 1.48. The van der Waals surface area contributed by atoms with Crippen molar-refractivity contribution in [2.75, 3.05) is 37.3 Å². The molecule has 0 bridgehead atoms. The molecule has 4 heterocycles. The zero-order chi connectivity index (χ0) is 24.2. The largest absolute Gasteiger partial charge is 0.482 e. The average molecular weight is 477 g/mol. The standard InChI is InChI=1S/C22H23N9O4/c23-22-28-20-16(21-27-19(29-31(21)22)17-2-1-11-34-17)12-26-30(20)10-9-24-7-8-25-14-3-5-15(6-4-14)35-13-18(32)33/h1-6,11-12,24-25H,7-10,13H2,(H2,23,28)(H,32,33). The van der Waals surface area contributed by atoms with E-state index in [9.17, 15) is 4.79 Å². The number of furan rings is 1. The van der Waals surface area contributed by atoms with Crippen molar-refractivity contribution in [1.82, 2.24) is 34.7 Å². The van der Waals surface area contributed by atoms with Crippen LogP contribution in [0.1, 0.15) is 0 Å². The number of hydrogen-bond donors (Lipinski definition) is 4. The van der Waals surface area contributed by atoms with Crippen molar-refractivity contribution in [3.05, 3.63) is 48.9 Å². The Balaban J connectivity index is 1.14. The molecule has 5 rings (SSSR count). The number of rotatable bonds is 11. The number of nitrogen functional groups attached to an aromatic ring is 1. The summed E-state index contributed by atoms with van der Waals surface area (Å²) >= 11 is 0. The summed E-state index contributed by atoms with van der Waals surface area (Å²) in [7, 11) is 0. The van der Waals surface area contributed by atoms with Gasteiger partial charge in [0.25, 0.3) is 0 Å². The van der Waals surface area contributed by atoms with Crippen molar-refractivity contribution in [2.24, 2.45) is 0 Å². The van der Waals surface area contributed by atoms with E-state index in [4.69, 9.17) is 20.0 Å². The third-order valence-electron chi connectivity index (χ3n) is 5.19. The van der Waals surface area contributed by atoms with Crippen LogP contribution in [-0.2, 0) is 11.3 Å². The summed E-state index contributed by atoms with van der Waals surface area (Å²) in [4.78, 5) is 19.6. The fraction of sp³-hybridized carbons (Fsp3) is 0.227. The minimum Gasteiger partial charge on any atom is -0.482 e. The number of nitrogens with two attached hydrogens (primary N) is 1. The molecule has 0 spiro atoms. The quantitative estimate of drug-likeness (QED) is 0.203. The van der Waals surface area contributed by atoms with Gasteiger partial charge in [0.2, 0.25) is 11.8 Å². The molecule has 0 amide bonds. The highest BCUT2D eigenvalue weighted by molar-refractivity contribution is 5.90. The van der Waals surface area contributed by atoms with Gasteiger partial charge in [-0.05, 0) is 36.4 Å². The van der Waals surface area contributed by atoms with Gasteiger partial charge >= 0.3 is 5.97 Å². The summed E-state index contributed by atoms with van der Waals surface area (Å²) in [6.07, 6.45) is 3.28. The third kappa shape index (κ3) is 4.84. The smallest absolute Gasteiger partial charge is 0.341 e. The van der Waals surface area contributed by atoms with Crippen LogP contribution in [0, 0.1) is 0 Å². The molecule has 0 aliphatic heterocycles. The number of fused-ring (bicyclic) bond motifs is 3. The Labute approximate surface area is 198 Å². The molecule has 0 aliphatic carbocycles. The molecule has 0 saturated heterocycles. The first-order valence-electron chi connectivity index (χ1n) is 10.9. The number of carbonyl (C=O) groups is 1. The molecular formula is C22H23N9O4. The van der Waals surface area contributed by atoms with E-state index in [1.54, 1.807) is 41.4 Å². The molecule has 35 heavy (non-hydrogen) atoms. The molecule has 0 fully saturated rings. The second-order valence-electron chi connectivity index (χ2n) is 7.61. The zero-order valence-electron chi connectivity index (χ0n) is 18.6. The SMILES string of the molecule is Nc1nc2c(cnn2CCNCCNc2ccc(OCC(=O)O)cc2)c2nc(-c3ccco3)nn12. The molecule has 0 atom stereocenters. The summed E-state index contributed by atoms with van der Waals surface area (Å²) in [5.74, 6) is 0.703. The highest BCUT2D eigenvalue weighted by Gasteiger charge is 2.17. The van der Waals surface area contributed by atoms with Gasteiger partial charge in [0, 0.05) is 25.3 Å². The summed E-state index contributed by atoms with van der Waals surface area (Å²) in [5, 5.41) is 24.9. The Morgan fingerprint density at radius 1 is 1.11 bits per heavy atom. The molecule has 5 aromatic rings. The lowest BCUT2D eigenvalue weighted by atomic mass is 10.3. The number of aliphatic carboxylic acids is 1. The minimum atomic E-state index is -1.01. The van der Waals surface area contributed by atoms with Crippen molar-refractivity contribution in [2.45, 2.75) is 6.54 Å². The van der Waals surface area contributed by atoms with Gasteiger partial charge in [-0.1, -0.05) is 0 Å². The van der Waals surface area contributed by atoms with Crippen LogP contribution in [0.5, 0.6) is 5.75 Å². The number of carboxylic acids is 1. The van der Waals surface area contributed by atoms with Gasteiger partial charge in [0.05, 0.1) is 24.4 Å². The molecule has 13 heteroatoms. The molecule has 4 aromatic heterocycles. The van der Waals surface area contributed by atoms with Crippen molar-refractivity contribution < 1.29 is 19.1 Å². The molecular weight excluding hydrogens is 454 g/mol. The lowest BCUT2D eigenvalue weighted by Gasteiger charge is -2.09. The van der Waals surface area contributed by atoms with Gasteiger partial charge in [-0.2, -0.15) is 14.6 Å². The number of nitrogens with zero attached hydrogens (tertiary/aromatic N) is 6. The van der Waals surface area contributed by atoms with E-state index in [1.807, 2.05) is 12.1 Å². The van der Waals surface area contributed by atoms with Gasteiger partial charge < -0.3 is 30.6 Å². The number of benzene rings is 1. The maximum Gasteiger partial charge on any atom is 0.341 e. The second-order valence-corrected chi connectivity index (χ2v) is 7.61. The highest BCUT2D eigenvalue weighted by atomic mass is 16.5. The van der Waals surface area contributed by atoms with Gasteiger partial charge in [0.1, 0.15) is 5.75 Å². The van der Waals surface area contributed by atoms with Crippen LogP contribution in [0.2, 0.25) is 0 Å². The lowest BCUT2D eigenvalue weighted by molar-refractivity contribution is -0.139. The third-order valence-corrected chi connectivity index (χ3v) is 5.19. The van der Waals surface area contributed by atoms with Gasteiger partial charge in [0.15, 0.2) is 23.7 Å². The fourth-order valence-corrected chi connectivity index (χ4v) is 3.55. The van der Waals surface area contributed by atoms with Gasteiger partial charge in [-0.25, -0.2) is 14.5 Å². The van der Waals surface area contributed by atoms with Crippen LogP contribution < -0.4 is 21.1 Å². The Hall–Kier alpha value is -4.65. The number of carboxylic acid groups (broad SMARTS) is 1. The normalized spacial score (nSPS) is 11.3. The first-order chi connectivity index (χ1) is 17.1. The summed E-state index contributed by atoms with van der Waals surface area (Å²) in [6, 6.07) is 10.7. The van der Waals surface area contributed by atoms with Gasteiger partial charge in [-0.3, -0.25) is 0 Å². The van der Waals surface area contributed by atoms with Gasteiger partial charge in [-0.15, -0.1) is 5.10 Å². The molecule has 0 unspecified atom stereocenters. The number of nitrogens with one attached hydrogen (secondary N) is 2. The number of anilines is 2. The van der Waals surface area contributed by atoms with E-state index in [1.165, 1.54) is 4.52 Å². The van der Waals surface area contributed by atoms with Crippen LogP contribution in [0.25, 0.3) is 28.3 Å². The predicted molar refractivity (Wildman–Crippen MR) is 127 cm³/mol. The number of ether oxygens (including phenoxy) is 1. The van der Waals surface area contributed by atoms with E-state index in [0.717, 1.165) is 17.6 Å². The first kappa shape index (κ1) is 22.2. The average Bonchev–Trinajstić information content (AvgIpc) is 3.60. The summed E-state index contributed by atoms with van der Waals surface area (Å²) < 4.78 is 13.8. The maximum atomic E-state index is 10.5. The Bertz CT molecular complexity index is 1440. The monoisotopic (exact) mass is 477 g/mol. The van der Waals surface area contributed by atoms with Crippen molar-refractivity contribution in [3.8, 4) is 17.3 Å². The molecule has 1 aromatic carbocycles. The molecule has 13 nitrogen and oxygen atoms in total.